The van der Waals surface area contributed by atoms with Crippen LogP contribution in [-0.4, -0.2) is 63.0 Å². The molecule has 134 valence electrons. The number of fused-ring (bicyclic) bond motifs is 1. The quantitative estimate of drug-likeness (QED) is 0.916. The predicted molar refractivity (Wildman–Crippen MR) is 94.8 cm³/mol. The van der Waals surface area contributed by atoms with Gasteiger partial charge in [-0.25, -0.2) is 4.79 Å². The van der Waals surface area contributed by atoms with Gasteiger partial charge in [0.2, 0.25) is 0 Å². The summed E-state index contributed by atoms with van der Waals surface area (Å²) in [6.07, 6.45) is 3.29. The van der Waals surface area contributed by atoms with Gasteiger partial charge in [0.15, 0.2) is 11.5 Å². The van der Waals surface area contributed by atoms with E-state index in [0.29, 0.717) is 12.5 Å². The smallest absolute Gasteiger partial charge is 0.317 e. The molecule has 4 rings (SSSR count). The van der Waals surface area contributed by atoms with Gasteiger partial charge in [-0.1, -0.05) is 0 Å². The molecule has 1 N–H and O–H groups in total. The lowest BCUT2D eigenvalue weighted by atomic mass is 10.3. The minimum Gasteiger partial charge on any atom is -0.353 e. The molecule has 3 heterocycles. The van der Waals surface area contributed by atoms with Crippen LogP contribution < -0.4 is 10.2 Å². The maximum atomic E-state index is 12.2. The van der Waals surface area contributed by atoms with Gasteiger partial charge in [0.05, 0.1) is 0 Å². The van der Waals surface area contributed by atoms with Crippen molar-refractivity contribution < 1.29 is 4.79 Å². The first kappa shape index (κ1) is 16.1. The lowest BCUT2D eigenvalue weighted by Crippen LogP contribution is -2.44. The topological polar surface area (TPSA) is 78.7 Å². The van der Waals surface area contributed by atoms with Crippen molar-refractivity contribution in [1.82, 2.24) is 30.0 Å². The van der Waals surface area contributed by atoms with E-state index < -0.39 is 0 Å². The van der Waals surface area contributed by atoms with Crippen molar-refractivity contribution in [2.24, 2.45) is 0 Å². The molecule has 25 heavy (non-hydrogen) atoms. The SMILES string of the molecule is CC(C)NC(=O)N1CCCN(c2ccc3nnc(C4CC4)n3n2)CC1. The molecule has 2 aromatic rings. The van der Waals surface area contributed by atoms with Crippen molar-refractivity contribution >= 4 is 17.5 Å². The molecular weight excluding hydrogens is 318 g/mol. The van der Waals surface area contributed by atoms with Crippen LogP contribution in [0.15, 0.2) is 12.1 Å². The summed E-state index contributed by atoms with van der Waals surface area (Å²) in [5.41, 5.74) is 0.804. The van der Waals surface area contributed by atoms with Gasteiger partial charge in [-0.15, -0.1) is 15.3 Å². The molecule has 1 aliphatic carbocycles. The Morgan fingerprint density at radius 1 is 1.16 bits per heavy atom. The number of nitrogens with one attached hydrogen (secondary N) is 1. The first-order valence-electron chi connectivity index (χ1n) is 9.14. The fraction of sp³-hybridized carbons (Fsp3) is 0.647. The molecule has 0 unspecified atom stereocenters. The van der Waals surface area contributed by atoms with Gasteiger partial charge >= 0.3 is 6.03 Å². The van der Waals surface area contributed by atoms with Crippen molar-refractivity contribution in [3.8, 4) is 0 Å². The zero-order chi connectivity index (χ0) is 17.4. The fourth-order valence-electron chi connectivity index (χ4n) is 3.25. The Balaban J connectivity index is 1.49. The number of urea groups is 1. The van der Waals surface area contributed by atoms with Crippen LogP contribution in [0.4, 0.5) is 10.6 Å². The number of hydrogen-bond donors (Lipinski definition) is 1. The summed E-state index contributed by atoms with van der Waals surface area (Å²) < 4.78 is 1.89. The third-order valence-electron chi connectivity index (χ3n) is 4.73. The molecule has 1 saturated heterocycles. The molecule has 1 saturated carbocycles. The number of rotatable bonds is 3. The predicted octanol–water partition coefficient (Wildman–Crippen LogP) is 1.63. The van der Waals surface area contributed by atoms with E-state index in [1.807, 2.05) is 35.4 Å². The van der Waals surface area contributed by atoms with E-state index in [-0.39, 0.29) is 12.1 Å². The molecule has 2 aromatic heterocycles. The van der Waals surface area contributed by atoms with Crippen LogP contribution >= 0.6 is 0 Å². The van der Waals surface area contributed by atoms with Crippen LogP contribution in [0.1, 0.15) is 44.9 Å². The van der Waals surface area contributed by atoms with Gasteiger partial charge < -0.3 is 15.1 Å². The van der Waals surface area contributed by atoms with Gasteiger partial charge in [-0.2, -0.15) is 4.52 Å². The zero-order valence-corrected chi connectivity index (χ0v) is 14.9. The molecule has 1 aliphatic heterocycles. The van der Waals surface area contributed by atoms with Crippen molar-refractivity contribution in [3.05, 3.63) is 18.0 Å². The lowest BCUT2D eigenvalue weighted by Gasteiger charge is -2.23. The highest BCUT2D eigenvalue weighted by Crippen LogP contribution is 2.38. The van der Waals surface area contributed by atoms with E-state index in [1.54, 1.807) is 0 Å². The Morgan fingerprint density at radius 3 is 2.76 bits per heavy atom. The van der Waals surface area contributed by atoms with E-state index >= 15 is 0 Å². The summed E-state index contributed by atoms with van der Waals surface area (Å²) >= 11 is 0. The number of nitrogens with zero attached hydrogens (tertiary/aromatic N) is 6. The summed E-state index contributed by atoms with van der Waals surface area (Å²) in [4.78, 5) is 16.4. The minimum absolute atomic E-state index is 0.0232. The number of anilines is 1. The molecule has 0 atom stereocenters. The number of aromatic nitrogens is 4. The van der Waals surface area contributed by atoms with Crippen LogP contribution in [0.3, 0.4) is 0 Å². The minimum atomic E-state index is 0.0232. The Labute approximate surface area is 147 Å². The van der Waals surface area contributed by atoms with Crippen molar-refractivity contribution in [1.29, 1.82) is 0 Å². The van der Waals surface area contributed by atoms with Gasteiger partial charge in [0.1, 0.15) is 5.82 Å². The second-order valence-corrected chi connectivity index (χ2v) is 7.23. The maximum absolute atomic E-state index is 12.2. The Hall–Kier alpha value is -2.38. The highest BCUT2D eigenvalue weighted by Gasteiger charge is 2.29. The second kappa shape index (κ2) is 6.50. The van der Waals surface area contributed by atoms with Crippen LogP contribution in [0.2, 0.25) is 0 Å². The third-order valence-corrected chi connectivity index (χ3v) is 4.73. The van der Waals surface area contributed by atoms with Crippen LogP contribution in [0.25, 0.3) is 5.65 Å². The van der Waals surface area contributed by atoms with Crippen molar-refractivity contribution in [3.63, 3.8) is 0 Å². The molecule has 2 aliphatic rings. The maximum Gasteiger partial charge on any atom is 0.317 e. The molecule has 2 amide bonds. The Bertz CT molecular complexity index is 767. The second-order valence-electron chi connectivity index (χ2n) is 7.23. The normalized spacial score (nSPS) is 18.7. The number of carbonyl (C=O) groups excluding carboxylic acids is 1. The standard InChI is InChI=1S/C17H25N7O/c1-12(2)18-17(25)23-9-3-8-22(10-11-23)15-7-6-14-19-20-16(13-4-5-13)24(14)21-15/h6-7,12-13H,3-5,8-11H2,1-2H3,(H,18,25). The van der Waals surface area contributed by atoms with E-state index in [4.69, 9.17) is 5.10 Å². The van der Waals surface area contributed by atoms with Crippen molar-refractivity contribution in [2.45, 2.75) is 45.1 Å². The van der Waals surface area contributed by atoms with Crippen LogP contribution in [-0.2, 0) is 0 Å². The van der Waals surface area contributed by atoms with Crippen molar-refractivity contribution in [2.75, 3.05) is 31.1 Å². The third kappa shape index (κ3) is 3.38. The summed E-state index contributed by atoms with van der Waals surface area (Å²) in [5, 5.41) is 16.3. The summed E-state index contributed by atoms with van der Waals surface area (Å²) in [5.74, 6) is 2.42. The molecule has 8 nitrogen and oxygen atoms in total. The summed E-state index contributed by atoms with van der Waals surface area (Å²) in [7, 11) is 0. The fourth-order valence-corrected chi connectivity index (χ4v) is 3.25. The highest BCUT2D eigenvalue weighted by atomic mass is 16.2. The molecular formula is C17H25N7O. The number of carbonyl (C=O) groups is 1. The molecule has 0 spiro atoms. The van der Waals surface area contributed by atoms with Gasteiger partial charge in [0, 0.05) is 38.1 Å². The Morgan fingerprint density at radius 2 is 2.00 bits per heavy atom. The molecule has 0 aromatic carbocycles. The largest absolute Gasteiger partial charge is 0.353 e. The van der Waals surface area contributed by atoms with Gasteiger partial charge in [-0.3, -0.25) is 0 Å². The van der Waals surface area contributed by atoms with Crippen LogP contribution in [0.5, 0.6) is 0 Å². The zero-order valence-electron chi connectivity index (χ0n) is 14.9. The first-order valence-corrected chi connectivity index (χ1v) is 9.14. The van der Waals surface area contributed by atoms with E-state index in [2.05, 4.69) is 20.4 Å². The lowest BCUT2D eigenvalue weighted by molar-refractivity contribution is 0.199. The van der Waals surface area contributed by atoms with Gasteiger partial charge in [0.25, 0.3) is 0 Å². The average Bonchev–Trinajstić information content (AvgIpc) is 3.37. The van der Waals surface area contributed by atoms with Crippen LogP contribution in [0, 0.1) is 0 Å². The first-order chi connectivity index (χ1) is 12.1. The number of hydrogen-bond acceptors (Lipinski definition) is 5. The summed E-state index contributed by atoms with van der Waals surface area (Å²) in [6, 6.07) is 4.17. The molecule has 0 bridgehead atoms. The monoisotopic (exact) mass is 343 g/mol. The summed E-state index contributed by atoms with van der Waals surface area (Å²) in [6.45, 7) is 7.12. The van der Waals surface area contributed by atoms with Gasteiger partial charge in [-0.05, 0) is 45.2 Å². The molecule has 2 fully saturated rings. The molecule has 8 heteroatoms. The molecule has 0 radical (unpaired) electrons. The highest BCUT2D eigenvalue weighted by molar-refractivity contribution is 5.74. The van der Waals surface area contributed by atoms with E-state index in [9.17, 15) is 4.79 Å². The number of amides is 2. The average molecular weight is 343 g/mol. The Kier molecular flexibility index (Phi) is 4.19. The van der Waals surface area contributed by atoms with E-state index in [1.165, 1.54) is 12.8 Å². The van der Waals surface area contributed by atoms with E-state index in [0.717, 1.165) is 43.3 Å².